The zero-order chi connectivity index (χ0) is 15.1. The van der Waals surface area contributed by atoms with E-state index in [0.717, 1.165) is 21.9 Å². The highest BCUT2D eigenvalue weighted by molar-refractivity contribution is 9.10. The molecule has 1 amide bonds. The fourth-order valence-corrected chi connectivity index (χ4v) is 3.40. The number of hydrogen-bond acceptors (Lipinski definition) is 3. The maximum atomic E-state index is 11.9. The number of nitrogens with one attached hydrogen (secondary N) is 1. The van der Waals surface area contributed by atoms with Crippen LogP contribution in [0.1, 0.15) is 13.8 Å². The van der Waals surface area contributed by atoms with Gasteiger partial charge in [-0.05, 0) is 32.0 Å². The Morgan fingerprint density at radius 3 is 2.65 bits per heavy atom. The number of thioether (sulfide) groups is 1. The van der Waals surface area contributed by atoms with E-state index >= 15 is 0 Å². The summed E-state index contributed by atoms with van der Waals surface area (Å²) in [5.74, 6) is 0.163. The van der Waals surface area contributed by atoms with Crippen LogP contribution >= 0.6 is 51.5 Å². The molecular formula is C13H16BrClN2OS2. The first kappa shape index (κ1) is 17.8. The van der Waals surface area contributed by atoms with Crippen molar-refractivity contribution in [2.75, 3.05) is 24.2 Å². The maximum absolute atomic E-state index is 11.9. The second-order valence-corrected chi connectivity index (χ2v) is 6.83. The van der Waals surface area contributed by atoms with Gasteiger partial charge in [-0.15, -0.1) is 0 Å². The molecule has 0 heterocycles. The van der Waals surface area contributed by atoms with Crippen LogP contribution in [-0.4, -0.2) is 34.0 Å². The zero-order valence-corrected chi connectivity index (χ0v) is 15.3. The Labute approximate surface area is 142 Å². The Kier molecular flexibility index (Phi) is 7.87. The summed E-state index contributed by atoms with van der Waals surface area (Å²) in [6, 6.07) is 5.33. The van der Waals surface area contributed by atoms with E-state index in [-0.39, 0.29) is 11.7 Å². The molecule has 0 aromatic heterocycles. The molecule has 0 saturated heterocycles. The number of hydrogen-bond donors (Lipinski definition) is 1. The van der Waals surface area contributed by atoms with Crippen molar-refractivity contribution >= 4 is 67.4 Å². The predicted octanol–water partition coefficient (Wildman–Crippen LogP) is 4.40. The molecule has 0 spiro atoms. The number of thiocarbonyl (C=S) groups is 1. The van der Waals surface area contributed by atoms with E-state index in [1.54, 1.807) is 12.1 Å². The van der Waals surface area contributed by atoms with Crippen LogP contribution in [0.3, 0.4) is 0 Å². The largest absolute Gasteiger partial charge is 0.358 e. The molecule has 0 fully saturated rings. The van der Waals surface area contributed by atoms with E-state index in [2.05, 4.69) is 21.2 Å². The number of benzene rings is 1. The Hall–Kier alpha value is -0.300. The molecule has 0 bridgehead atoms. The summed E-state index contributed by atoms with van der Waals surface area (Å²) in [4.78, 5) is 13.9. The summed E-state index contributed by atoms with van der Waals surface area (Å²) in [5, 5.41) is 3.28. The van der Waals surface area contributed by atoms with Crippen molar-refractivity contribution in [2.45, 2.75) is 13.8 Å². The highest BCUT2D eigenvalue weighted by atomic mass is 79.9. The average molecular weight is 396 g/mol. The van der Waals surface area contributed by atoms with Gasteiger partial charge in [-0.25, -0.2) is 0 Å². The van der Waals surface area contributed by atoms with Crippen molar-refractivity contribution in [3.63, 3.8) is 0 Å². The zero-order valence-electron chi connectivity index (χ0n) is 11.3. The van der Waals surface area contributed by atoms with Crippen molar-refractivity contribution in [1.29, 1.82) is 0 Å². The fourth-order valence-electron chi connectivity index (χ4n) is 1.48. The third-order valence-electron chi connectivity index (χ3n) is 2.55. The van der Waals surface area contributed by atoms with Crippen LogP contribution in [-0.2, 0) is 4.79 Å². The van der Waals surface area contributed by atoms with Crippen LogP contribution in [0.5, 0.6) is 0 Å². The Balaban J connectivity index is 2.50. The molecule has 0 radical (unpaired) electrons. The molecule has 1 rings (SSSR count). The van der Waals surface area contributed by atoms with Crippen molar-refractivity contribution in [1.82, 2.24) is 4.90 Å². The molecule has 0 aliphatic rings. The standard InChI is InChI=1S/C13H16BrClN2OS2/c1-3-17(4-2)13(19)20-8-12(18)16-11-6-5-9(14)7-10(11)15/h5-7H,3-4,8H2,1-2H3,(H,16,18). The van der Waals surface area contributed by atoms with Crippen LogP contribution in [0, 0.1) is 0 Å². The first-order valence-electron chi connectivity index (χ1n) is 6.14. The first-order valence-corrected chi connectivity index (χ1v) is 8.71. The number of anilines is 1. The predicted molar refractivity (Wildman–Crippen MR) is 95.8 cm³/mol. The third kappa shape index (κ3) is 5.60. The number of carbonyl (C=O) groups excluding carboxylic acids is 1. The quantitative estimate of drug-likeness (QED) is 0.749. The van der Waals surface area contributed by atoms with Crippen molar-refractivity contribution in [3.05, 3.63) is 27.7 Å². The topological polar surface area (TPSA) is 32.3 Å². The van der Waals surface area contributed by atoms with Gasteiger partial charge in [-0.3, -0.25) is 4.79 Å². The van der Waals surface area contributed by atoms with Crippen molar-refractivity contribution in [3.8, 4) is 0 Å². The van der Waals surface area contributed by atoms with Gasteiger partial charge < -0.3 is 10.2 Å². The summed E-state index contributed by atoms with van der Waals surface area (Å²) in [6.07, 6.45) is 0. The summed E-state index contributed by atoms with van der Waals surface area (Å²) >= 11 is 16.0. The van der Waals surface area contributed by atoms with E-state index in [1.807, 2.05) is 24.8 Å². The van der Waals surface area contributed by atoms with Gasteiger partial charge in [0, 0.05) is 17.6 Å². The van der Waals surface area contributed by atoms with E-state index in [4.69, 9.17) is 23.8 Å². The van der Waals surface area contributed by atoms with Gasteiger partial charge in [0.15, 0.2) is 0 Å². The SMILES string of the molecule is CCN(CC)C(=S)SCC(=O)Nc1ccc(Br)cc1Cl. The van der Waals surface area contributed by atoms with Gasteiger partial charge in [0.05, 0.1) is 16.5 Å². The molecule has 3 nitrogen and oxygen atoms in total. The van der Waals surface area contributed by atoms with Gasteiger partial charge in [0.1, 0.15) is 4.32 Å². The lowest BCUT2D eigenvalue weighted by Gasteiger charge is -2.20. The van der Waals surface area contributed by atoms with Crippen LogP contribution in [0.2, 0.25) is 5.02 Å². The van der Waals surface area contributed by atoms with E-state index in [1.165, 1.54) is 11.8 Å². The molecule has 0 aliphatic carbocycles. The number of amides is 1. The molecule has 0 saturated carbocycles. The fraction of sp³-hybridized carbons (Fsp3) is 0.385. The Bertz CT molecular complexity index is 495. The molecule has 7 heteroatoms. The van der Waals surface area contributed by atoms with Crippen molar-refractivity contribution < 1.29 is 4.79 Å². The normalized spacial score (nSPS) is 10.2. The first-order chi connectivity index (χ1) is 9.47. The number of rotatable bonds is 5. The number of carbonyl (C=O) groups is 1. The Morgan fingerprint density at radius 2 is 2.10 bits per heavy atom. The molecule has 20 heavy (non-hydrogen) atoms. The number of nitrogens with zero attached hydrogens (tertiary/aromatic N) is 1. The lowest BCUT2D eigenvalue weighted by molar-refractivity contribution is -0.113. The molecular weight excluding hydrogens is 380 g/mol. The smallest absolute Gasteiger partial charge is 0.234 e. The monoisotopic (exact) mass is 394 g/mol. The van der Waals surface area contributed by atoms with E-state index in [9.17, 15) is 4.79 Å². The van der Waals surface area contributed by atoms with Gasteiger partial charge in [0.2, 0.25) is 5.91 Å². The van der Waals surface area contributed by atoms with Crippen LogP contribution < -0.4 is 5.32 Å². The summed E-state index contributed by atoms with van der Waals surface area (Å²) in [7, 11) is 0. The van der Waals surface area contributed by atoms with Gasteiger partial charge >= 0.3 is 0 Å². The van der Waals surface area contributed by atoms with Crippen LogP contribution in [0.15, 0.2) is 22.7 Å². The van der Waals surface area contributed by atoms with Crippen LogP contribution in [0.25, 0.3) is 0 Å². The highest BCUT2D eigenvalue weighted by Gasteiger charge is 2.10. The second kappa shape index (κ2) is 8.87. The molecule has 0 atom stereocenters. The lowest BCUT2D eigenvalue weighted by atomic mass is 10.3. The lowest BCUT2D eigenvalue weighted by Crippen LogP contribution is -2.28. The maximum Gasteiger partial charge on any atom is 0.234 e. The molecule has 0 aliphatic heterocycles. The summed E-state index contributed by atoms with van der Waals surface area (Å²) in [6.45, 7) is 5.78. The summed E-state index contributed by atoms with van der Waals surface area (Å²) in [5.41, 5.74) is 0.606. The molecule has 110 valence electrons. The second-order valence-electron chi connectivity index (χ2n) is 3.90. The minimum atomic E-state index is -0.117. The van der Waals surface area contributed by atoms with E-state index < -0.39 is 0 Å². The van der Waals surface area contributed by atoms with Gasteiger partial charge in [-0.2, -0.15) is 0 Å². The third-order valence-corrected chi connectivity index (χ3v) is 4.88. The summed E-state index contributed by atoms with van der Waals surface area (Å²) < 4.78 is 1.62. The average Bonchev–Trinajstić information content (AvgIpc) is 2.41. The highest BCUT2D eigenvalue weighted by Crippen LogP contribution is 2.25. The minimum absolute atomic E-state index is 0.117. The van der Waals surface area contributed by atoms with Crippen LogP contribution in [0.4, 0.5) is 5.69 Å². The Morgan fingerprint density at radius 1 is 1.45 bits per heavy atom. The minimum Gasteiger partial charge on any atom is -0.358 e. The van der Waals surface area contributed by atoms with E-state index in [0.29, 0.717) is 10.7 Å². The molecule has 1 aromatic rings. The van der Waals surface area contributed by atoms with Gasteiger partial charge in [0.25, 0.3) is 0 Å². The molecule has 0 unspecified atom stereocenters. The molecule has 1 aromatic carbocycles. The van der Waals surface area contributed by atoms with Crippen molar-refractivity contribution in [2.24, 2.45) is 0 Å². The van der Waals surface area contributed by atoms with Gasteiger partial charge in [-0.1, -0.05) is 51.5 Å². The molecule has 1 N–H and O–H groups in total. The number of halogens is 2.